The van der Waals surface area contributed by atoms with Crippen molar-refractivity contribution in [3.63, 3.8) is 0 Å². The Morgan fingerprint density at radius 2 is 2.71 bits per heavy atom. The largest absolute Gasteiger partial charge is 0.301 e. The molecule has 0 unspecified atom stereocenters. The Hall–Kier alpha value is -0.710. The SMILES string of the molecule is Cn1[nH]nc[n+]1=S. The zero-order valence-corrected chi connectivity index (χ0v) is 4.64. The molecule has 0 bridgehead atoms. The molecular formula is C2H5N4S+. The zero-order valence-electron chi connectivity index (χ0n) is 3.83. The maximum atomic E-state index is 4.67. The number of rotatable bonds is 0. The summed E-state index contributed by atoms with van der Waals surface area (Å²) in [6.07, 6.45) is 1.51. The van der Waals surface area contributed by atoms with E-state index in [0.29, 0.717) is 0 Å². The van der Waals surface area contributed by atoms with E-state index < -0.39 is 0 Å². The van der Waals surface area contributed by atoms with Crippen LogP contribution in [0.3, 0.4) is 0 Å². The van der Waals surface area contributed by atoms with E-state index in [0.717, 1.165) is 0 Å². The summed E-state index contributed by atoms with van der Waals surface area (Å²) in [6.45, 7) is 0. The molecule has 0 saturated carbocycles. The van der Waals surface area contributed by atoms with Gasteiger partial charge in [0.05, 0.1) is 12.1 Å². The predicted molar refractivity (Wildman–Crippen MR) is 25.1 cm³/mol. The summed E-state index contributed by atoms with van der Waals surface area (Å²) in [4.78, 5) is 1.58. The second-order valence-electron chi connectivity index (χ2n) is 1.17. The summed E-state index contributed by atoms with van der Waals surface area (Å²) in [7, 11) is 1.78. The molecule has 1 rings (SSSR count). The van der Waals surface area contributed by atoms with Crippen LogP contribution in [-0.4, -0.2) is 15.1 Å². The Morgan fingerprint density at radius 1 is 2.00 bits per heavy atom. The third kappa shape index (κ3) is 0.663. The van der Waals surface area contributed by atoms with Gasteiger partial charge in [-0.1, -0.05) is 13.7 Å². The van der Waals surface area contributed by atoms with Crippen molar-refractivity contribution in [2.45, 2.75) is 0 Å². The normalized spacial score (nSPS) is 9.29. The molecule has 0 aliphatic carbocycles. The van der Waals surface area contributed by atoms with Gasteiger partial charge in [0.15, 0.2) is 0 Å². The van der Waals surface area contributed by atoms with Gasteiger partial charge in [-0.2, -0.15) is 0 Å². The summed E-state index contributed by atoms with van der Waals surface area (Å²) < 4.78 is 1.42. The first kappa shape index (κ1) is 4.45. The van der Waals surface area contributed by atoms with E-state index in [4.69, 9.17) is 0 Å². The lowest BCUT2D eigenvalue weighted by molar-refractivity contribution is -0.543. The number of aryl methyl sites for hydroxylation is 1. The zero-order chi connectivity index (χ0) is 5.28. The van der Waals surface area contributed by atoms with Crippen LogP contribution < -0.4 is 3.73 Å². The van der Waals surface area contributed by atoms with Gasteiger partial charge in [-0.3, -0.25) is 0 Å². The van der Waals surface area contributed by atoms with Crippen LogP contribution in [0.25, 0.3) is 0 Å². The Kier molecular flexibility index (Phi) is 0.900. The smallest absolute Gasteiger partial charge is 0.0895 e. The van der Waals surface area contributed by atoms with Gasteiger partial charge in [-0.05, 0) is 0 Å². The van der Waals surface area contributed by atoms with E-state index in [-0.39, 0.29) is 0 Å². The maximum Gasteiger partial charge on any atom is 0.301 e. The van der Waals surface area contributed by atoms with E-state index >= 15 is 0 Å². The minimum Gasteiger partial charge on any atom is -0.0895 e. The molecule has 1 heterocycles. The highest BCUT2D eigenvalue weighted by Crippen LogP contribution is 1.52. The van der Waals surface area contributed by atoms with Crippen LogP contribution in [0.15, 0.2) is 6.33 Å². The van der Waals surface area contributed by atoms with E-state index in [1.807, 2.05) is 0 Å². The molecule has 0 fully saturated rings. The number of hydrogen-bond acceptors (Lipinski definition) is 2. The number of H-pyrrole nitrogens is 1. The first-order valence-corrected chi connectivity index (χ1v) is 2.16. The number of tetrazole rings is 1. The van der Waals surface area contributed by atoms with Crippen molar-refractivity contribution in [3.05, 3.63) is 6.33 Å². The molecule has 0 aliphatic rings. The summed E-state index contributed by atoms with van der Waals surface area (Å²) in [5, 5.41) is 6.21. The summed E-state index contributed by atoms with van der Waals surface area (Å²) in [5.41, 5.74) is 0. The predicted octanol–water partition coefficient (Wildman–Crippen LogP) is -0.723. The molecule has 1 N–H and O–H groups in total. The summed E-state index contributed by atoms with van der Waals surface area (Å²) in [6, 6.07) is 0. The second kappa shape index (κ2) is 1.42. The molecule has 4 nitrogen and oxygen atoms in total. The lowest BCUT2D eigenvalue weighted by atomic mass is 11.4. The lowest BCUT2D eigenvalue weighted by Gasteiger charge is -1.71. The molecule has 0 amide bonds. The first-order valence-electron chi connectivity index (χ1n) is 1.79. The van der Waals surface area contributed by atoms with Crippen molar-refractivity contribution in [2.24, 2.45) is 7.05 Å². The van der Waals surface area contributed by atoms with Crippen LogP contribution in [0, 0.1) is 0 Å². The Balaban J connectivity index is 3.39. The van der Waals surface area contributed by atoms with Gasteiger partial charge < -0.3 is 0 Å². The van der Waals surface area contributed by atoms with Crippen molar-refractivity contribution in [1.82, 2.24) is 15.1 Å². The van der Waals surface area contributed by atoms with Crippen molar-refractivity contribution in [3.8, 4) is 0 Å². The summed E-state index contributed by atoms with van der Waals surface area (Å²) >= 11 is 4.67. The number of aromatic amines is 1. The molecule has 5 heteroatoms. The van der Waals surface area contributed by atoms with E-state index in [1.165, 1.54) is 10.1 Å². The molecular weight excluding hydrogens is 112 g/mol. The molecule has 7 heavy (non-hydrogen) atoms. The average Bonchev–Trinajstić information content (AvgIpc) is 1.91. The van der Waals surface area contributed by atoms with Crippen LogP contribution in [0.2, 0.25) is 0 Å². The highest BCUT2D eigenvalue weighted by molar-refractivity contribution is 7.66. The van der Waals surface area contributed by atoms with Gasteiger partial charge in [0.25, 0.3) is 0 Å². The Bertz CT molecular complexity index is 197. The third-order valence-corrected chi connectivity index (χ3v) is 0.994. The topological polar surface area (TPSA) is 39.5 Å². The van der Waals surface area contributed by atoms with E-state index in [9.17, 15) is 0 Å². The van der Waals surface area contributed by atoms with Gasteiger partial charge in [-0.25, -0.2) is 0 Å². The molecule has 0 atom stereocenters. The monoisotopic (exact) mass is 117 g/mol. The molecule has 38 valence electrons. The number of nitrogens with zero attached hydrogens (tertiary/aromatic N) is 3. The van der Waals surface area contributed by atoms with Gasteiger partial charge in [-0.15, -0.1) is 0 Å². The van der Waals surface area contributed by atoms with Crippen LogP contribution in [-0.2, 0) is 7.05 Å². The maximum absolute atomic E-state index is 4.67. The van der Waals surface area contributed by atoms with Gasteiger partial charge >= 0.3 is 6.33 Å². The van der Waals surface area contributed by atoms with E-state index in [1.54, 1.807) is 11.8 Å². The average molecular weight is 117 g/mol. The fourth-order valence-electron chi connectivity index (χ4n) is 0.280. The lowest BCUT2D eigenvalue weighted by Crippen LogP contribution is -2.21. The second-order valence-corrected chi connectivity index (χ2v) is 1.54. The van der Waals surface area contributed by atoms with Crippen molar-refractivity contribution < 1.29 is 3.73 Å². The number of hydrogen-bond donors (Lipinski definition) is 1. The van der Waals surface area contributed by atoms with Crippen LogP contribution in [0.5, 0.6) is 0 Å². The Labute approximate surface area is 45.5 Å². The van der Waals surface area contributed by atoms with Crippen molar-refractivity contribution in [2.75, 3.05) is 0 Å². The standard InChI is InChI=1S/C2H5N4S/c1-5-4-3-2-6(5)7/h2,4H,1H3/q+1. The Morgan fingerprint density at radius 3 is 2.86 bits per heavy atom. The van der Waals surface area contributed by atoms with Gasteiger partial charge in [0, 0.05) is 0 Å². The third-order valence-electron chi connectivity index (χ3n) is 0.655. The minimum atomic E-state index is 1.42. The number of nitrogens with one attached hydrogen (secondary N) is 1. The highest BCUT2D eigenvalue weighted by atomic mass is 32.1. The van der Waals surface area contributed by atoms with E-state index in [2.05, 4.69) is 22.7 Å². The van der Waals surface area contributed by atoms with Crippen molar-refractivity contribution in [1.29, 1.82) is 0 Å². The molecule has 0 spiro atoms. The highest BCUT2D eigenvalue weighted by Gasteiger charge is 1.86. The molecule has 1 aromatic rings. The minimum absolute atomic E-state index is 1.42. The molecule has 0 radical (unpaired) electrons. The number of aromatic nitrogens is 4. The molecule has 1 aromatic heterocycles. The fraction of sp³-hybridized carbons (Fsp3) is 0.500. The van der Waals surface area contributed by atoms with Gasteiger partial charge in [0.1, 0.15) is 12.4 Å². The molecule has 0 aromatic carbocycles. The fourth-order valence-corrected chi connectivity index (χ4v) is 0.364. The van der Waals surface area contributed by atoms with Crippen molar-refractivity contribution >= 4 is 12.4 Å². The van der Waals surface area contributed by atoms with Crippen LogP contribution in [0.4, 0.5) is 0 Å². The quantitative estimate of drug-likeness (QED) is 0.455. The van der Waals surface area contributed by atoms with Crippen LogP contribution in [0.1, 0.15) is 0 Å². The first-order chi connectivity index (χ1) is 3.30. The molecule has 0 aliphatic heterocycles. The summed E-state index contributed by atoms with van der Waals surface area (Å²) in [5.74, 6) is 0. The van der Waals surface area contributed by atoms with Gasteiger partial charge in [0.2, 0.25) is 0 Å². The van der Waals surface area contributed by atoms with Crippen LogP contribution >= 0.6 is 12.4 Å². The molecule has 0 saturated heterocycles.